The Kier molecular flexibility index (Phi) is 4.99. The molecular formula is C14H13F3N4O2. The summed E-state index contributed by atoms with van der Waals surface area (Å²) < 4.78 is 42.9. The number of aromatic nitrogens is 2. The molecule has 0 saturated carbocycles. The number of rotatable bonds is 5. The molecule has 2 aromatic rings. The molecule has 0 spiro atoms. The molecule has 2 rings (SSSR count). The lowest BCUT2D eigenvalue weighted by molar-refractivity contribution is -0.0498. The smallest absolute Gasteiger partial charge is 0.387 e. The molecule has 23 heavy (non-hydrogen) atoms. The monoisotopic (exact) mass is 326 g/mol. The van der Waals surface area contributed by atoms with Gasteiger partial charge in [-0.1, -0.05) is 0 Å². The lowest BCUT2D eigenvalue weighted by Crippen LogP contribution is -2.17. The van der Waals surface area contributed by atoms with Crippen molar-refractivity contribution in [3.63, 3.8) is 0 Å². The van der Waals surface area contributed by atoms with Crippen LogP contribution in [0.4, 0.5) is 13.2 Å². The fraction of sp³-hybridized carbons (Fsp3) is 0.214. The molecule has 0 aliphatic heterocycles. The molecule has 0 unspecified atom stereocenters. The number of alkyl halides is 2. The zero-order valence-corrected chi connectivity index (χ0v) is 12.3. The summed E-state index contributed by atoms with van der Waals surface area (Å²) in [4.78, 5) is 11.8. The number of carbonyl (C=O) groups is 1. The Hall–Kier alpha value is -2.84. The molecule has 0 saturated heterocycles. The second-order valence-corrected chi connectivity index (χ2v) is 4.52. The maximum absolute atomic E-state index is 13.6. The maximum Gasteiger partial charge on any atom is 0.387 e. The third-order valence-corrected chi connectivity index (χ3v) is 2.90. The van der Waals surface area contributed by atoms with Crippen LogP contribution in [0.3, 0.4) is 0 Å². The summed E-state index contributed by atoms with van der Waals surface area (Å²) in [7, 11) is 1.45. The van der Waals surface area contributed by atoms with Crippen LogP contribution in [0.2, 0.25) is 0 Å². The Labute approximate surface area is 129 Å². The van der Waals surface area contributed by atoms with E-state index in [9.17, 15) is 18.0 Å². The summed E-state index contributed by atoms with van der Waals surface area (Å²) >= 11 is 0. The highest BCUT2D eigenvalue weighted by Gasteiger charge is 2.11. The number of hydrazone groups is 1. The van der Waals surface area contributed by atoms with E-state index in [1.165, 1.54) is 31.3 Å². The first kappa shape index (κ1) is 16.5. The number of benzene rings is 1. The molecule has 1 aromatic heterocycles. The quantitative estimate of drug-likeness (QED) is 0.677. The number of nitrogens with one attached hydrogen (secondary N) is 1. The highest BCUT2D eigenvalue weighted by atomic mass is 19.3. The zero-order chi connectivity index (χ0) is 17.0. The van der Waals surface area contributed by atoms with Gasteiger partial charge in [0.1, 0.15) is 5.75 Å². The second-order valence-electron chi connectivity index (χ2n) is 4.52. The number of ether oxygens (including phenoxy) is 1. The van der Waals surface area contributed by atoms with Gasteiger partial charge in [0.15, 0.2) is 0 Å². The summed E-state index contributed by atoms with van der Waals surface area (Å²) in [5.41, 5.74) is 2.98. The molecule has 1 aromatic carbocycles. The summed E-state index contributed by atoms with van der Waals surface area (Å²) in [5.74, 6) is -1.21. The third kappa shape index (κ3) is 4.09. The molecular weight excluding hydrogens is 313 g/mol. The largest absolute Gasteiger partial charge is 0.435 e. The third-order valence-electron chi connectivity index (χ3n) is 2.90. The van der Waals surface area contributed by atoms with Crippen LogP contribution in [-0.2, 0) is 7.05 Å². The van der Waals surface area contributed by atoms with Gasteiger partial charge in [-0.05, 0) is 31.2 Å². The van der Waals surface area contributed by atoms with E-state index >= 15 is 0 Å². The predicted molar refractivity (Wildman–Crippen MR) is 76.0 cm³/mol. The average molecular weight is 326 g/mol. The lowest BCUT2D eigenvalue weighted by atomic mass is 10.2. The topological polar surface area (TPSA) is 68.5 Å². The van der Waals surface area contributed by atoms with Crippen LogP contribution in [0.1, 0.15) is 21.6 Å². The molecule has 1 N–H and O–H groups in total. The van der Waals surface area contributed by atoms with Gasteiger partial charge in [0, 0.05) is 12.6 Å². The van der Waals surface area contributed by atoms with Gasteiger partial charge in [-0.3, -0.25) is 4.79 Å². The minimum absolute atomic E-state index is 0.0619. The molecule has 1 heterocycles. The zero-order valence-electron chi connectivity index (χ0n) is 12.3. The number of halogens is 3. The van der Waals surface area contributed by atoms with E-state index < -0.39 is 18.5 Å². The van der Waals surface area contributed by atoms with Crippen LogP contribution < -0.4 is 10.2 Å². The molecule has 6 nitrogen and oxygen atoms in total. The number of amides is 1. The molecule has 0 aliphatic carbocycles. The van der Waals surface area contributed by atoms with Crippen LogP contribution in [-0.4, -0.2) is 28.5 Å². The van der Waals surface area contributed by atoms with Crippen molar-refractivity contribution in [2.75, 3.05) is 0 Å². The van der Waals surface area contributed by atoms with E-state index in [1.807, 2.05) is 0 Å². The summed E-state index contributed by atoms with van der Waals surface area (Å²) in [6, 6.07) is 5.07. The minimum Gasteiger partial charge on any atom is -0.435 e. The average Bonchev–Trinajstić information content (AvgIpc) is 2.73. The fourth-order valence-corrected chi connectivity index (χ4v) is 1.80. The van der Waals surface area contributed by atoms with Gasteiger partial charge in [-0.25, -0.2) is 10.1 Å². The first-order valence-corrected chi connectivity index (χ1v) is 6.46. The van der Waals surface area contributed by atoms with Gasteiger partial charge in [0.2, 0.25) is 5.95 Å². The number of hydrogen-bond donors (Lipinski definition) is 1. The second kappa shape index (κ2) is 6.95. The van der Waals surface area contributed by atoms with Crippen molar-refractivity contribution < 1.29 is 22.7 Å². The summed E-state index contributed by atoms with van der Waals surface area (Å²) in [6.07, 6.45) is 1.14. The molecule has 122 valence electrons. The molecule has 0 aliphatic rings. The van der Waals surface area contributed by atoms with Crippen LogP contribution in [0, 0.1) is 12.9 Å². The minimum atomic E-state index is -2.93. The van der Waals surface area contributed by atoms with Crippen molar-refractivity contribution in [2.45, 2.75) is 13.5 Å². The predicted octanol–water partition coefficient (Wildman–Crippen LogP) is 2.23. The van der Waals surface area contributed by atoms with E-state index in [1.54, 1.807) is 6.92 Å². The van der Waals surface area contributed by atoms with E-state index in [0.717, 1.165) is 10.9 Å². The Morgan fingerprint density at radius 3 is 2.57 bits per heavy atom. The Bertz CT molecular complexity index is 726. The fourth-order valence-electron chi connectivity index (χ4n) is 1.80. The molecule has 9 heteroatoms. The Morgan fingerprint density at radius 2 is 2.04 bits per heavy atom. The summed E-state index contributed by atoms with van der Waals surface area (Å²) in [5, 5.41) is 7.52. The van der Waals surface area contributed by atoms with Crippen molar-refractivity contribution >= 4 is 12.1 Å². The summed E-state index contributed by atoms with van der Waals surface area (Å²) in [6.45, 7) is -1.33. The van der Waals surface area contributed by atoms with Gasteiger partial charge < -0.3 is 4.74 Å². The van der Waals surface area contributed by atoms with E-state index in [0.29, 0.717) is 5.69 Å². The van der Waals surface area contributed by atoms with E-state index in [2.05, 4.69) is 20.4 Å². The highest BCUT2D eigenvalue weighted by molar-refractivity contribution is 5.95. The molecule has 0 bridgehead atoms. The first-order valence-electron chi connectivity index (χ1n) is 6.46. The van der Waals surface area contributed by atoms with E-state index in [-0.39, 0.29) is 16.9 Å². The molecule has 1 amide bonds. The number of aryl methyl sites for hydroxylation is 2. The van der Waals surface area contributed by atoms with Crippen molar-refractivity contribution in [3.05, 3.63) is 47.0 Å². The molecule has 0 fully saturated rings. The van der Waals surface area contributed by atoms with Crippen LogP contribution in [0.5, 0.6) is 5.75 Å². The Balaban J connectivity index is 2.00. The SMILES string of the molecule is Cc1nn(C)c(F)c1/C=N\NC(=O)c1ccc(OC(F)F)cc1. The normalized spacial score (nSPS) is 11.2. The van der Waals surface area contributed by atoms with Gasteiger partial charge in [0.05, 0.1) is 17.5 Å². The van der Waals surface area contributed by atoms with Crippen molar-refractivity contribution in [3.8, 4) is 5.75 Å². The lowest BCUT2D eigenvalue weighted by Gasteiger charge is -2.04. The standard InChI is InChI=1S/C14H13F3N4O2/c1-8-11(12(15)21(2)20-8)7-18-19-13(22)9-3-5-10(6-4-9)23-14(16)17/h3-7,14H,1-2H3,(H,19,22)/b18-7-. The first-order chi connectivity index (χ1) is 10.9. The number of nitrogens with zero attached hydrogens (tertiary/aromatic N) is 3. The Morgan fingerprint density at radius 1 is 1.39 bits per heavy atom. The van der Waals surface area contributed by atoms with Crippen LogP contribution >= 0.6 is 0 Å². The maximum atomic E-state index is 13.6. The number of carbonyl (C=O) groups excluding carboxylic acids is 1. The van der Waals surface area contributed by atoms with Crippen molar-refractivity contribution in [1.29, 1.82) is 0 Å². The van der Waals surface area contributed by atoms with Gasteiger partial charge >= 0.3 is 6.61 Å². The number of hydrogen-bond acceptors (Lipinski definition) is 4. The van der Waals surface area contributed by atoms with Gasteiger partial charge in [-0.15, -0.1) is 0 Å². The van der Waals surface area contributed by atoms with E-state index in [4.69, 9.17) is 0 Å². The molecule has 0 atom stereocenters. The van der Waals surface area contributed by atoms with Crippen LogP contribution in [0.15, 0.2) is 29.4 Å². The molecule has 0 radical (unpaired) electrons. The van der Waals surface area contributed by atoms with Crippen molar-refractivity contribution in [2.24, 2.45) is 12.1 Å². The highest BCUT2D eigenvalue weighted by Crippen LogP contribution is 2.14. The van der Waals surface area contributed by atoms with Crippen molar-refractivity contribution in [1.82, 2.24) is 15.2 Å². The van der Waals surface area contributed by atoms with Crippen LogP contribution in [0.25, 0.3) is 0 Å². The van der Waals surface area contributed by atoms with Gasteiger partial charge in [0.25, 0.3) is 5.91 Å². The van der Waals surface area contributed by atoms with Gasteiger partial charge in [-0.2, -0.15) is 23.4 Å².